The highest BCUT2D eigenvalue weighted by Gasteiger charge is 2.20. The molecular weight excluding hydrogens is 373 g/mol. The predicted octanol–water partition coefficient (Wildman–Crippen LogP) is 4.10. The Morgan fingerprint density at radius 1 is 1.33 bits per heavy atom. The highest BCUT2D eigenvalue weighted by atomic mass is 35.5. The first-order valence-electron chi connectivity index (χ1n) is 7.70. The van der Waals surface area contributed by atoms with Crippen LogP contribution in [-0.2, 0) is 4.79 Å². The number of carbonyl (C=O) groups is 1. The minimum Gasteiger partial charge on any atom is -0.425 e. The molecule has 0 amide bonds. The van der Waals surface area contributed by atoms with Crippen molar-refractivity contribution in [3.63, 3.8) is 0 Å². The van der Waals surface area contributed by atoms with Gasteiger partial charge in [0.05, 0.1) is 5.02 Å². The third kappa shape index (κ3) is 6.38. The minimum atomic E-state index is -0.282. The number of rotatable bonds is 5. The van der Waals surface area contributed by atoms with Crippen molar-refractivity contribution < 1.29 is 9.53 Å². The molecule has 134 valence electrons. The number of nitrogens with two attached hydrogens (primary N) is 1. The molecule has 0 saturated carbocycles. The molecule has 0 aromatic heterocycles. The molecular formula is C16H22Cl3N3O2. The maximum atomic E-state index is 11.9. The van der Waals surface area contributed by atoms with Gasteiger partial charge in [-0.05, 0) is 49.8 Å². The Balaban J connectivity index is 0.00000288. The molecule has 1 aliphatic heterocycles. The number of carbonyl (C=O) groups excluding carboxylic acids is 1. The van der Waals surface area contributed by atoms with Crippen molar-refractivity contribution in [2.45, 2.75) is 32.1 Å². The lowest BCUT2D eigenvalue weighted by molar-refractivity contribution is -0.134. The van der Waals surface area contributed by atoms with Gasteiger partial charge in [0.15, 0.2) is 5.96 Å². The largest absolute Gasteiger partial charge is 0.425 e. The van der Waals surface area contributed by atoms with Gasteiger partial charge in [0.2, 0.25) is 0 Å². The number of ether oxygens (including phenoxy) is 1. The molecule has 1 aromatic rings. The van der Waals surface area contributed by atoms with Crippen LogP contribution in [0.2, 0.25) is 10.0 Å². The fraction of sp³-hybridized carbons (Fsp3) is 0.500. The lowest BCUT2D eigenvalue weighted by Gasteiger charge is -2.32. The zero-order chi connectivity index (χ0) is 16.8. The summed E-state index contributed by atoms with van der Waals surface area (Å²) in [5.41, 5.74) is 5.48. The van der Waals surface area contributed by atoms with Crippen LogP contribution < -0.4 is 10.5 Å². The zero-order valence-electron chi connectivity index (χ0n) is 13.3. The number of nitrogens with zero attached hydrogens (tertiary/aromatic N) is 1. The quantitative estimate of drug-likeness (QED) is 0.341. The van der Waals surface area contributed by atoms with Gasteiger partial charge in [0.25, 0.3) is 0 Å². The van der Waals surface area contributed by atoms with Crippen molar-refractivity contribution in [2.75, 3.05) is 13.1 Å². The molecule has 8 heteroatoms. The summed E-state index contributed by atoms with van der Waals surface area (Å²) in [6.45, 7) is 1.65. The topological polar surface area (TPSA) is 79.4 Å². The second-order valence-electron chi connectivity index (χ2n) is 5.76. The summed E-state index contributed by atoms with van der Waals surface area (Å²) in [6, 6.07) is 4.79. The minimum absolute atomic E-state index is 0. The van der Waals surface area contributed by atoms with E-state index in [0.717, 1.165) is 38.8 Å². The molecule has 3 N–H and O–H groups in total. The molecule has 0 atom stereocenters. The summed E-state index contributed by atoms with van der Waals surface area (Å²) < 4.78 is 5.26. The average molecular weight is 395 g/mol. The fourth-order valence-electron chi connectivity index (χ4n) is 2.73. The van der Waals surface area contributed by atoms with E-state index in [2.05, 4.69) is 0 Å². The second kappa shape index (κ2) is 9.97. The van der Waals surface area contributed by atoms with Gasteiger partial charge in [-0.3, -0.25) is 10.2 Å². The maximum absolute atomic E-state index is 11.9. The van der Waals surface area contributed by atoms with Crippen LogP contribution in [0.15, 0.2) is 18.2 Å². The van der Waals surface area contributed by atoms with E-state index in [-0.39, 0.29) is 24.3 Å². The number of hydrogen-bond acceptors (Lipinski definition) is 3. The van der Waals surface area contributed by atoms with Crippen molar-refractivity contribution in [2.24, 2.45) is 11.7 Å². The van der Waals surface area contributed by atoms with E-state index < -0.39 is 0 Å². The van der Waals surface area contributed by atoms with Gasteiger partial charge in [-0.2, -0.15) is 0 Å². The van der Waals surface area contributed by atoms with Crippen molar-refractivity contribution in [1.82, 2.24) is 4.90 Å². The van der Waals surface area contributed by atoms with E-state index in [1.54, 1.807) is 18.2 Å². The van der Waals surface area contributed by atoms with Crippen LogP contribution in [0.4, 0.5) is 0 Å². The molecule has 1 saturated heterocycles. The first kappa shape index (κ1) is 20.9. The standard InChI is InChI=1S/C16H21Cl2N3O2.ClH/c17-12-4-5-14(13(18)10-12)23-15(22)3-1-2-11-6-8-21(9-7-11)16(19)20;/h4-5,10-11H,1-3,6-9H2,(H3,19,20);1H. The van der Waals surface area contributed by atoms with Crippen LogP contribution in [0.25, 0.3) is 0 Å². The van der Waals surface area contributed by atoms with Crippen LogP contribution in [0.5, 0.6) is 5.75 Å². The maximum Gasteiger partial charge on any atom is 0.311 e. The molecule has 0 aliphatic carbocycles. The molecule has 1 heterocycles. The molecule has 1 aromatic carbocycles. The molecule has 0 unspecified atom stereocenters. The fourth-order valence-corrected chi connectivity index (χ4v) is 3.18. The Labute approximate surface area is 158 Å². The summed E-state index contributed by atoms with van der Waals surface area (Å²) in [7, 11) is 0. The molecule has 0 bridgehead atoms. The van der Waals surface area contributed by atoms with Gasteiger partial charge in [-0.1, -0.05) is 23.2 Å². The number of esters is 1. The number of likely N-dealkylation sites (tertiary alicyclic amines) is 1. The van der Waals surface area contributed by atoms with E-state index in [1.165, 1.54) is 0 Å². The summed E-state index contributed by atoms with van der Waals surface area (Å²) in [5.74, 6) is 0.788. The van der Waals surface area contributed by atoms with Gasteiger partial charge in [0, 0.05) is 24.5 Å². The molecule has 1 fully saturated rings. The summed E-state index contributed by atoms with van der Waals surface area (Å²) in [6.07, 6.45) is 4.16. The lowest BCUT2D eigenvalue weighted by atomic mass is 9.92. The van der Waals surface area contributed by atoms with Crippen molar-refractivity contribution in [3.8, 4) is 5.75 Å². The Morgan fingerprint density at radius 2 is 2.00 bits per heavy atom. The summed E-state index contributed by atoms with van der Waals surface area (Å²) in [4.78, 5) is 13.7. The van der Waals surface area contributed by atoms with E-state index in [9.17, 15) is 4.79 Å². The van der Waals surface area contributed by atoms with Gasteiger partial charge in [-0.15, -0.1) is 12.4 Å². The Hall–Kier alpha value is -1.17. The first-order chi connectivity index (χ1) is 11.0. The number of halogens is 3. The Bertz CT molecular complexity index is 576. The lowest BCUT2D eigenvalue weighted by Crippen LogP contribution is -2.42. The monoisotopic (exact) mass is 393 g/mol. The van der Waals surface area contributed by atoms with E-state index >= 15 is 0 Å². The third-order valence-corrected chi connectivity index (χ3v) is 4.60. The average Bonchev–Trinajstić information content (AvgIpc) is 2.50. The van der Waals surface area contributed by atoms with Crippen LogP contribution >= 0.6 is 35.6 Å². The van der Waals surface area contributed by atoms with Crippen LogP contribution in [0.3, 0.4) is 0 Å². The normalized spacial score (nSPS) is 14.8. The highest BCUT2D eigenvalue weighted by Crippen LogP contribution is 2.28. The predicted molar refractivity (Wildman–Crippen MR) is 99.4 cm³/mol. The van der Waals surface area contributed by atoms with Crippen LogP contribution in [-0.4, -0.2) is 29.9 Å². The Morgan fingerprint density at radius 3 is 2.58 bits per heavy atom. The summed E-state index contributed by atoms with van der Waals surface area (Å²) in [5, 5.41) is 8.25. The number of nitrogens with one attached hydrogen (secondary N) is 1. The van der Waals surface area contributed by atoms with Crippen molar-refractivity contribution >= 4 is 47.5 Å². The molecule has 1 aliphatic rings. The number of guanidine groups is 1. The van der Waals surface area contributed by atoms with Gasteiger partial charge >= 0.3 is 5.97 Å². The number of benzene rings is 1. The van der Waals surface area contributed by atoms with E-state index in [1.807, 2.05) is 4.90 Å². The molecule has 0 spiro atoms. The van der Waals surface area contributed by atoms with Crippen LogP contribution in [0, 0.1) is 11.3 Å². The second-order valence-corrected chi connectivity index (χ2v) is 6.60. The van der Waals surface area contributed by atoms with Crippen molar-refractivity contribution in [3.05, 3.63) is 28.2 Å². The molecule has 5 nitrogen and oxygen atoms in total. The van der Waals surface area contributed by atoms with E-state index in [4.69, 9.17) is 39.1 Å². The third-order valence-electron chi connectivity index (χ3n) is 4.07. The molecule has 24 heavy (non-hydrogen) atoms. The van der Waals surface area contributed by atoms with Crippen molar-refractivity contribution in [1.29, 1.82) is 5.41 Å². The zero-order valence-corrected chi connectivity index (χ0v) is 15.6. The van der Waals surface area contributed by atoms with Gasteiger partial charge in [0.1, 0.15) is 5.75 Å². The van der Waals surface area contributed by atoms with Gasteiger partial charge < -0.3 is 15.4 Å². The number of hydrogen-bond donors (Lipinski definition) is 2. The molecule has 2 rings (SSSR count). The molecule has 0 radical (unpaired) electrons. The van der Waals surface area contributed by atoms with Crippen LogP contribution in [0.1, 0.15) is 32.1 Å². The van der Waals surface area contributed by atoms with E-state index in [0.29, 0.717) is 28.1 Å². The first-order valence-corrected chi connectivity index (χ1v) is 8.46. The van der Waals surface area contributed by atoms with Gasteiger partial charge in [-0.25, -0.2) is 0 Å². The smallest absolute Gasteiger partial charge is 0.311 e. The Kier molecular flexibility index (Phi) is 8.67. The SMILES string of the molecule is Cl.N=C(N)N1CCC(CCCC(=O)Oc2ccc(Cl)cc2Cl)CC1. The highest BCUT2D eigenvalue weighted by molar-refractivity contribution is 6.35. The summed E-state index contributed by atoms with van der Waals surface area (Å²) >= 11 is 11.8. The number of piperidine rings is 1.